The molecule has 7 nitrogen and oxygen atoms in total. The number of nitrogens with two attached hydrogens (primary N) is 1. The van der Waals surface area contributed by atoms with Gasteiger partial charge in [0.1, 0.15) is 0 Å². The number of hydrogen-bond donors (Lipinski definition) is 3. The maximum absolute atomic E-state index is 5.29. The van der Waals surface area contributed by atoms with Gasteiger partial charge in [-0.15, -0.1) is 0 Å². The van der Waals surface area contributed by atoms with Gasteiger partial charge < -0.3 is 10.1 Å². The average molecular weight is 325 g/mol. The van der Waals surface area contributed by atoms with Gasteiger partial charge in [0.15, 0.2) is 0 Å². The molecule has 1 heterocycles. The Morgan fingerprint density at radius 1 is 1.21 bits per heavy atom. The smallest absolute Gasteiger partial charge is 0.322 e. The van der Waals surface area contributed by atoms with Crippen molar-refractivity contribution in [2.45, 2.75) is 6.92 Å². The quantitative estimate of drug-likeness (QED) is 0.584. The Morgan fingerprint density at radius 2 is 1.95 bits per heavy atom. The fraction of sp³-hybridized carbons (Fsp3) is 0.182. The average Bonchev–Trinajstić information content (AvgIpc) is 2.43. The van der Waals surface area contributed by atoms with Gasteiger partial charge in [0, 0.05) is 4.47 Å². The lowest BCUT2D eigenvalue weighted by Crippen LogP contribution is -2.13. The number of halogens is 1. The molecule has 0 spiro atoms. The van der Waals surface area contributed by atoms with Crippen molar-refractivity contribution in [3.05, 3.63) is 28.2 Å². The largest absolute Gasteiger partial charge is 0.467 e. The number of nitrogens with zero attached hydrogens (tertiary/aromatic N) is 3. The van der Waals surface area contributed by atoms with Crippen molar-refractivity contribution in [3.63, 3.8) is 0 Å². The van der Waals surface area contributed by atoms with Crippen LogP contribution in [-0.2, 0) is 0 Å². The summed E-state index contributed by atoms with van der Waals surface area (Å²) in [5.74, 6) is 5.85. The zero-order valence-corrected chi connectivity index (χ0v) is 12.0. The van der Waals surface area contributed by atoms with Crippen LogP contribution in [0.5, 0.6) is 6.01 Å². The van der Waals surface area contributed by atoms with Crippen LogP contribution in [0.4, 0.5) is 17.6 Å². The first kappa shape index (κ1) is 13.5. The lowest BCUT2D eigenvalue weighted by Gasteiger charge is -2.10. The summed E-state index contributed by atoms with van der Waals surface area (Å²) in [6.45, 7) is 2.00. The van der Waals surface area contributed by atoms with Crippen LogP contribution in [0.3, 0.4) is 0 Å². The Morgan fingerprint density at radius 3 is 2.63 bits per heavy atom. The summed E-state index contributed by atoms with van der Waals surface area (Å²) < 4.78 is 5.92. The number of ether oxygens (including phenoxy) is 1. The van der Waals surface area contributed by atoms with E-state index in [0.29, 0.717) is 5.95 Å². The highest BCUT2D eigenvalue weighted by molar-refractivity contribution is 9.10. The number of rotatable bonds is 4. The Kier molecular flexibility index (Phi) is 4.13. The fourth-order valence-electron chi connectivity index (χ4n) is 1.43. The summed E-state index contributed by atoms with van der Waals surface area (Å²) >= 11 is 3.50. The van der Waals surface area contributed by atoms with E-state index in [-0.39, 0.29) is 12.0 Å². The van der Waals surface area contributed by atoms with Gasteiger partial charge >= 0.3 is 6.01 Å². The van der Waals surface area contributed by atoms with E-state index in [2.05, 4.69) is 41.6 Å². The van der Waals surface area contributed by atoms with Gasteiger partial charge in [-0.2, -0.15) is 15.0 Å². The summed E-state index contributed by atoms with van der Waals surface area (Å²) in [7, 11) is 1.47. The minimum atomic E-state index is 0.175. The van der Waals surface area contributed by atoms with Crippen LogP contribution in [0.15, 0.2) is 22.7 Å². The number of aryl methyl sites for hydroxylation is 1. The topological polar surface area (TPSA) is 98.0 Å². The van der Waals surface area contributed by atoms with Crippen molar-refractivity contribution in [1.29, 1.82) is 0 Å². The number of hydrazine groups is 1. The number of anilines is 3. The van der Waals surface area contributed by atoms with Crippen molar-refractivity contribution < 1.29 is 4.74 Å². The molecule has 0 radical (unpaired) electrons. The van der Waals surface area contributed by atoms with Crippen LogP contribution in [0.2, 0.25) is 0 Å². The second kappa shape index (κ2) is 5.81. The molecule has 0 aliphatic heterocycles. The number of aromatic nitrogens is 3. The fourth-order valence-corrected chi connectivity index (χ4v) is 1.80. The van der Waals surface area contributed by atoms with Crippen LogP contribution in [0.1, 0.15) is 5.56 Å². The van der Waals surface area contributed by atoms with E-state index in [1.165, 1.54) is 7.11 Å². The van der Waals surface area contributed by atoms with Gasteiger partial charge in [-0.25, -0.2) is 5.84 Å². The SMILES string of the molecule is COc1nc(NN)nc(Nc2cccc(C)c2Br)n1. The molecule has 2 aromatic rings. The highest BCUT2D eigenvalue weighted by Gasteiger charge is 2.08. The van der Waals surface area contributed by atoms with Crippen molar-refractivity contribution >= 4 is 33.5 Å². The van der Waals surface area contributed by atoms with E-state index >= 15 is 0 Å². The minimum Gasteiger partial charge on any atom is -0.467 e. The molecule has 19 heavy (non-hydrogen) atoms. The van der Waals surface area contributed by atoms with Gasteiger partial charge in [0.2, 0.25) is 11.9 Å². The van der Waals surface area contributed by atoms with Gasteiger partial charge in [0.05, 0.1) is 12.8 Å². The second-order valence-electron chi connectivity index (χ2n) is 3.68. The van der Waals surface area contributed by atoms with Crippen LogP contribution in [0, 0.1) is 6.92 Å². The normalized spacial score (nSPS) is 10.1. The maximum atomic E-state index is 5.29. The molecule has 0 saturated heterocycles. The molecule has 1 aromatic heterocycles. The third-order valence-corrected chi connectivity index (χ3v) is 3.42. The molecule has 8 heteroatoms. The van der Waals surface area contributed by atoms with Gasteiger partial charge in [-0.1, -0.05) is 12.1 Å². The van der Waals surface area contributed by atoms with E-state index in [4.69, 9.17) is 10.6 Å². The summed E-state index contributed by atoms with van der Waals surface area (Å²) in [4.78, 5) is 12.1. The number of nitrogen functional groups attached to an aromatic ring is 1. The summed E-state index contributed by atoms with van der Waals surface area (Å²) in [6, 6.07) is 6.01. The molecule has 4 N–H and O–H groups in total. The summed E-state index contributed by atoms with van der Waals surface area (Å²) in [6.07, 6.45) is 0. The number of nitrogens with one attached hydrogen (secondary N) is 2. The molecule has 0 amide bonds. The molecule has 100 valence electrons. The Balaban J connectivity index is 2.34. The summed E-state index contributed by atoms with van der Waals surface area (Å²) in [5.41, 5.74) is 4.30. The third-order valence-electron chi connectivity index (χ3n) is 2.36. The molecule has 0 fully saturated rings. The molecular weight excluding hydrogens is 312 g/mol. The zero-order chi connectivity index (χ0) is 13.8. The van der Waals surface area contributed by atoms with Crippen LogP contribution in [-0.4, -0.2) is 22.1 Å². The first-order chi connectivity index (χ1) is 9.13. The lowest BCUT2D eigenvalue weighted by atomic mass is 10.2. The van der Waals surface area contributed by atoms with E-state index < -0.39 is 0 Å². The maximum Gasteiger partial charge on any atom is 0.322 e. The highest BCUT2D eigenvalue weighted by atomic mass is 79.9. The molecule has 0 aliphatic rings. The number of methoxy groups -OCH3 is 1. The predicted octanol–water partition coefficient (Wildman–Crippen LogP) is 1.98. The van der Waals surface area contributed by atoms with E-state index in [0.717, 1.165) is 15.7 Å². The van der Waals surface area contributed by atoms with Crippen LogP contribution in [0.25, 0.3) is 0 Å². The Bertz CT molecular complexity index is 569. The van der Waals surface area contributed by atoms with Crippen molar-refractivity contribution in [2.24, 2.45) is 5.84 Å². The van der Waals surface area contributed by atoms with E-state index in [9.17, 15) is 0 Å². The molecule has 0 unspecified atom stereocenters. The predicted molar refractivity (Wildman–Crippen MR) is 76.4 cm³/mol. The highest BCUT2D eigenvalue weighted by Crippen LogP contribution is 2.28. The second-order valence-corrected chi connectivity index (χ2v) is 4.47. The number of hydrogen-bond acceptors (Lipinski definition) is 7. The van der Waals surface area contributed by atoms with Gasteiger partial charge in [-0.05, 0) is 34.5 Å². The van der Waals surface area contributed by atoms with Gasteiger partial charge in [-0.3, -0.25) is 5.43 Å². The monoisotopic (exact) mass is 324 g/mol. The molecule has 0 bridgehead atoms. The number of benzene rings is 1. The van der Waals surface area contributed by atoms with E-state index in [1.807, 2.05) is 25.1 Å². The Labute approximate surface area is 118 Å². The van der Waals surface area contributed by atoms with Crippen LogP contribution >= 0.6 is 15.9 Å². The van der Waals surface area contributed by atoms with Gasteiger partial charge in [0.25, 0.3) is 0 Å². The molecular formula is C11H13BrN6O. The van der Waals surface area contributed by atoms with E-state index in [1.54, 1.807) is 0 Å². The molecule has 0 aliphatic carbocycles. The molecule has 1 aromatic carbocycles. The van der Waals surface area contributed by atoms with Crippen molar-refractivity contribution in [2.75, 3.05) is 17.9 Å². The lowest BCUT2D eigenvalue weighted by molar-refractivity contribution is 0.379. The molecule has 0 atom stereocenters. The molecule has 0 saturated carbocycles. The van der Waals surface area contributed by atoms with Crippen molar-refractivity contribution in [1.82, 2.24) is 15.0 Å². The minimum absolute atomic E-state index is 0.175. The summed E-state index contributed by atoms with van der Waals surface area (Å²) in [5, 5.41) is 3.08. The Hall–Kier alpha value is -1.93. The standard InChI is InChI=1S/C11H13BrN6O/c1-6-4-3-5-7(8(6)12)14-9-15-10(18-13)17-11(16-9)19-2/h3-5H,13H2,1-2H3,(H2,14,15,16,17,18). The third kappa shape index (κ3) is 3.09. The van der Waals surface area contributed by atoms with Crippen LogP contribution < -0.4 is 21.3 Å². The first-order valence-electron chi connectivity index (χ1n) is 5.43. The zero-order valence-electron chi connectivity index (χ0n) is 10.4. The molecule has 2 rings (SSSR count). The first-order valence-corrected chi connectivity index (χ1v) is 6.22. The van der Waals surface area contributed by atoms with Crippen molar-refractivity contribution in [3.8, 4) is 6.01 Å².